The number of carbonyl (C=O) groups is 3. The Morgan fingerprint density at radius 3 is 2.35 bits per heavy atom. The van der Waals surface area contributed by atoms with Gasteiger partial charge in [-0.3, -0.25) is 14.4 Å². The van der Waals surface area contributed by atoms with Crippen LogP contribution >= 0.6 is 0 Å². The maximum atomic E-state index is 13.2. The van der Waals surface area contributed by atoms with Crippen molar-refractivity contribution in [3.63, 3.8) is 0 Å². The van der Waals surface area contributed by atoms with Crippen LogP contribution in [0.15, 0.2) is 24.5 Å². The number of aryl methyl sites for hydroxylation is 1. The number of Topliss-reactive ketones (excluding diaryl/α,β-unsaturated/α-hetero) is 2. The van der Waals surface area contributed by atoms with Crippen molar-refractivity contribution in [3.05, 3.63) is 41.5 Å². The molecule has 1 saturated carbocycles. The van der Waals surface area contributed by atoms with E-state index in [2.05, 4.69) is 14.7 Å². The Labute approximate surface area is 193 Å². The van der Waals surface area contributed by atoms with E-state index in [-0.39, 0.29) is 43.3 Å². The highest BCUT2D eigenvalue weighted by Crippen LogP contribution is 2.47. The molecule has 0 N–H and O–H groups in total. The first-order valence-corrected chi connectivity index (χ1v) is 10.5. The van der Waals surface area contributed by atoms with Crippen LogP contribution in [0.1, 0.15) is 29.9 Å². The predicted octanol–water partition coefficient (Wildman–Crippen LogP) is 2.68. The molecule has 4 rings (SSSR count). The van der Waals surface area contributed by atoms with Crippen molar-refractivity contribution in [2.24, 2.45) is 5.41 Å². The topological polar surface area (TPSA) is 98.7 Å². The van der Waals surface area contributed by atoms with Crippen molar-refractivity contribution in [2.75, 3.05) is 26.8 Å². The van der Waals surface area contributed by atoms with Crippen molar-refractivity contribution in [1.29, 1.82) is 0 Å². The van der Waals surface area contributed by atoms with E-state index in [1.165, 1.54) is 12.0 Å². The van der Waals surface area contributed by atoms with Crippen LogP contribution in [0.3, 0.4) is 0 Å². The number of hydrogen-bond acceptors (Lipinski definition) is 7. The molecule has 1 aromatic carbocycles. The molecule has 2 aromatic rings. The molecular weight excluding hydrogens is 455 g/mol. The quantitative estimate of drug-likeness (QED) is 0.590. The minimum Gasteiger partial charge on any atom is -0.496 e. The van der Waals surface area contributed by atoms with Crippen LogP contribution < -0.4 is 4.74 Å². The summed E-state index contributed by atoms with van der Waals surface area (Å²) < 4.78 is 47.0. The Morgan fingerprint density at radius 2 is 1.79 bits per heavy atom. The zero-order valence-corrected chi connectivity index (χ0v) is 18.5. The summed E-state index contributed by atoms with van der Waals surface area (Å²) in [6.07, 6.45) is 2.23. The minimum atomic E-state index is -3.04. The molecule has 1 aliphatic carbocycles. The molecule has 0 bridgehead atoms. The lowest BCUT2D eigenvalue weighted by Crippen LogP contribution is -2.62. The van der Waals surface area contributed by atoms with E-state index in [1.54, 1.807) is 19.1 Å². The van der Waals surface area contributed by atoms with Gasteiger partial charge in [0.2, 0.25) is 5.91 Å². The standard InChI is InChI=1S/C23H22F3N3O5/c1-12-3-13(21-27-7-14(24)8-28-21)4-17(33-2)19(12)20-15(30)5-23(6-16(20)31)10-29(11-23)18(32)9-34-22(25)26/h3-4,7-8,20,22H,5-6,9-11H2,1-2H3. The summed E-state index contributed by atoms with van der Waals surface area (Å²) in [4.78, 5) is 47.5. The lowest BCUT2D eigenvalue weighted by molar-refractivity contribution is -0.171. The molecule has 180 valence electrons. The molecule has 8 nitrogen and oxygen atoms in total. The van der Waals surface area contributed by atoms with E-state index in [1.807, 2.05) is 0 Å². The van der Waals surface area contributed by atoms with Gasteiger partial charge in [-0.15, -0.1) is 0 Å². The number of amides is 1. The van der Waals surface area contributed by atoms with Crippen LogP contribution in [0.4, 0.5) is 13.2 Å². The third-order valence-electron chi connectivity index (χ3n) is 6.22. The molecule has 0 atom stereocenters. The largest absolute Gasteiger partial charge is 0.496 e. The molecule has 1 saturated heterocycles. The average molecular weight is 477 g/mol. The average Bonchev–Trinajstić information content (AvgIpc) is 2.76. The molecule has 2 fully saturated rings. The van der Waals surface area contributed by atoms with Crippen molar-refractivity contribution < 1.29 is 37.0 Å². The molecule has 2 heterocycles. The van der Waals surface area contributed by atoms with E-state index in [0.717, 1.165) is 12.4 Å². The number of alkyl halides is 2. The van der Waals surface area contributed by atoms with Crippen LogP contribution in [-0.2, 0) is 19.1 Å². The van der Waals surface area contributed by atoms with Gasteiger partial charge in [0.05, 0.1) is 19.5 Å². The number of aromatic nitrogens is 2. The van der Waals surface area contributed by atoms with Gasteiger partial charge >= 0.3 is 6.61 Å². The molecule has 0 unspecified atom stereocenters. The second-order valence-electron chi connectivity index (χ2n) is 8.67. The van der Waals surface area contributed by atoms with Gasteiger partial charge in [-0.2, -0.15) is 8.78 Å². The number of carbonyl (C=O) groups excluding carboxylic acids is 3. The SMILES string of the molecule is COc1cc(-c2ncc(F)cn2)cc(C)c1C1C(=O)CC2(CC1=O)CN(C(=O)COC(F)F)C2. The highest BCUT2D eigenvalue weighted by atomic mass is 19.3. The van der Waals surface area contributed by atoms with Gasteiger partial charge in [-0.1, -0.05) is 0 Å². The number of likely N-dealkylation sites (tertiary alicyclic amines) is 1. The number of hydrogen-bond donors (Lipinski definition) is 0. The van der Waals surface area contributed by atoms with E-state index in [0.29, 0.717) is 22.4 Å². The number of benzene rings is 1. The first-order valence-electron chi connectivity index (χ1n) is 10.5. The zero-order chi connectivity index (χ0) is 24.6. The third-order valence-corrected chi connectivity index (χ3v) is 6.22. The smallest absolute Gasteiger partial charge is 0.345 e. The molecular formula is C23H22F3N3O5. The molecule has 34 heavy (non-hydrogen) atoms. The number of ether oxygens (including phenoxy) is 2. The molecule has 0 radical (unpaired) electrons. The fourth-order valence-corrected chi connectivity index (χ4v) is 4.79. The van der Waals surface area contributed by atoms with Crippen molar-refractivity contribution >= 4 is 17.5 Å². The Morgan fingerprint density at radius 1 is 1.18 bits per heavy atom. The van der Waals surface area contributed by atoms with Crippen LogP contribution in [0.5, 0.6) is 5.75 Å². The van der Waals surface area contributed by atoms with Crippen LogP contribution in [0.2, 0.25) is 0 Å². The second kappa shape index (κ2) is 9.13. The number of methoxy groups -OCH3 is 1. The van der Waals surface area contributed by atoms with E-state index >= 15 is 0 Å². The Hall–Kier alpha value is -3.34. The van der Waals surface area contributed by atoms with Gasteiger partial charge in [0.25, 0.3) is 0 Å². The van der Waals surface area contributed by atoms with Crippen molar-refractivity contribution in [3.8, 4) is 17.1 Å². The lowest BCUT2D eigenvalue weighted by Gasteiger charge is -2.52. The first-order chi connectivity index (χ1) is 16.1. The summed E-state index contributed by atoms with van der Waals surface area (Å²) in [7, 11) is 1.42. The minimum absolute atomic E-state index is 0.0777. The normalized spacial score (nSPS) is 17.9. The molecule has 2 aliphatic rings. The maximum absolute atomic E-state index is 13.2. The summed E-state index contributed by atoms with van der Waals surface area (Å²) >= 11 is 0. The number of halogens is 3. The van der Waals surface area contributed by atoms with Gasteiger partial charge in [-0.05, 0) is 24.6 Å². The zero-order valence-electron chi connectivity index (χ0n) is 18.5. The van der Waals surface area contributed by atoms with Gasteiger partial charge in [0.15, 0.2) is 11.6 Å². The van der Waals surface area contributed by atoms with E-state index in [4.69, 9.17) is 4.74 Å². The lowest BCUT2D eigenvalue weighted by atomic mass is 9.63. The fourth-order valence-electron chi connectivity index (χ4n) is 4.79. The van der Waals surface area contributed by atoms with E-state index in [9.17, 15) is 27.6 Å². The summed E-state index contributed by atoms with van der Waals surface area (Å²) in [5, 5.41) is 0. The van der Waals surface area contributed by atoms with Crippen LogP contribution in [0, 0.1) is 18.2 Å². The number of nitrogens with zero attached hydrogens (tertiary/aromatic N) is 3. The summed E-state index contributed by atoms with van der Waals surface area (Å²) in [6.45, 7) is -1.78. The van der Waals surface area contributed by atoms with Gasteiger partial charge in [-0.25, -0.2) is 14.4 Å². The van der Waals surface area contributed by atoms with Crippen molar-refractivity contribution in [2.45, 2.75) is 32.3 Å². The monoisotopic (exact) mass is 477 g/mol. The highest BCUT2D eigenvalue weighted by Gasteiger charge is 2.53. The number of rotatable bonds is 6. The second-order valence-corrected chi connectivity index (χ2v) is 8.67. The van der Waals surface area contributed by atoms with E-state index < -0.39 is 36.3 Å². The number of ketones is 2. The highest BCUT2D eigenvalue weighted by molar-refractivity contribution is 6.11. The predicted molar refractivity (Wildman–Crippen MR) is 112 cm³/mol. The molecule has 1 spiro atoms. The molecule has 1 amide bonds. The fraction of sp³-hybridized carbons (Fsp3) is 0.435. The Bertz CT molecular complexity index is 1110. The molecule has 11 heteroatoms. The molecule has 1 aliphatic heterocycles. The summed E-state index contributed by atoms with van der Waals surface area (Å²) in [6, 6.07) is 3.32. The van der Waals surface area contributed by atoms with Crippen molar-refractivity contribution in [1.82, 2.24) is 14.9 Å². The van der Waals surface area contributed by atoms with Gasteiger partial charge in [0, 0.05) is 42.5 Å². The van der Waals surface area contributed by atoms with Crippen LogP contribution in [-0.4, -0.2) is 65.8 Å². The Kier molecular flexibility index (Phi) is 6.39. The van der Waals surface area contributed by atoms with Gasteiger partial charge in [0.1, 0.15) is 29.8 Å². The van der Waals surface area contributed by atoms with Gasteiger partial charge < -0.3 is 14.4 Å². The Balaban J connectivity index is 1.53. The molecule has 1 aromatic heterocycles. The summed E-state index contributed by atoms with van der Waals surface area (Å²) in [5.41, 5.74) is 0.938. The third kappa shape index (κ3) is 4.52. The summed E-state index contributed by atoms with van der Waals surface area (Å²) in [5.74, 6) is -2.20. The maximum Gasteiger partial charge on any atom is 0.345 e. The van der Waals surface area contributed by atoms with Crippen LogP contribution in [0.25, 0.3) is 11.4 Å². The first kappa shape index (κ1) is 23.8.